The van der Waals surface area contributed by atoms with Gasteiger partial charge in [0.2, 0.25) is 0 Å². The molecule has 0 spiro atoms. The number of nitrogen functional groups attached to an aromatic ring is 1. The molecule has 3 rings (SSSR count). The molecule has 0 amide bonds. The van der Waals surface area contributed by atoms with E-state index < -0.39 is 11.7 Å². The average Bonchev–Trinajstić information content (AvgIpc) is 2.45. The Hall–Kier alpha value is -2.08. The van der Waals surface area contributed by atoms with Crippen molar-refractivity contribution in [3.05, 3.63) is 58.6 Å². The van der Waals surface area contributed by atoms with Crippen LogP contribution in [0.15, 0.2) is 53.0 Å². The zero-order chi connectivity index (χ0) is 15.9. The van der Waals surface area contributed by atoms with E-state index in [1.54, 1.807) is 6.07 Å². The maximum Gasteiger partial charge on any atom is 0.416 e. The summed E-state index contributed by atoms with van der Waals surface area (Å²) in [5.41, 5.74) is 7.23. The summed E-state index contributed by atoms with van der Waals surface area (Å²) < 4.78 is 38.8. The van der Waals surface area contributed by atoms with Crippen LogP contribution in [0.5, 0.6) is 0 Å². The van der Waals surface area contributed by atoms with E-state index >= 15 is 0 Å². The normalized spacial score (nSPS) is 11.8. The molecule has 0 saturated carbocycles. The van der Waals surface area contributed by atoms with Crippen molar-refractivity contribution >= 4 is 32.7 Å². The first kappa shape index (κ1) is 14.8. The number of hydrogen-bond donors (Lipinski definition) is 1. The van der Waals surface area contributed by atoms with Gasteiger partial charge in [-0.05, 0) is 41.5 Å². The molecule has 1 heterocycles. The predicted octanol–water partition coefficient (Wildman–Crippen LogP) is 5.27. The van der Waals surface area contributed by atoms with E-state index in [-0.39, 0.29) is 0 Å². The van der Waals surface area contributed by atoms with Gasteiger partial charge in [0.25, 0.3) is 0 Å². The van der Waals surface area contributed by atoms with Crippen molar-refractivity contribution < 1.29 is 13.2 Å². The van der Waals surface area contributed by atoms with Gasteiger partial charge in [-0.2, -0.15) is 13.2 Å². The van der Waals surface area contributed by atoms with E-state index in [1.807, 2.05) is 18.2 Å². The highest BCUT2D eigenvalue weighted by atomic mass is 79.9. The molecule has 0 saturated heterocycles. The molecule has 0 aliphatic rings. The Kier molecular flexibility index (Phi) is 3.56. The van der Waals surface area contributed by atoms with E-state index in [1.165, 1.54) is 12.1 Å². The first-order valence-electron chi connectivity index (χ1n) is 6.38. The van der Waals surface area contributed by atoms with Crippen LogP contribution in [0.25, 0.3) is 22.0 Å². The lowest BCUT2D eigenvalue weighted by Gasteiger charge is -2.10. The number of aromatic nitrogens is 1. The predicted molar refractivity (Wildman–Crippen MR) is 84.3 cm³/mol. The van der Waals surface area contributed by atoms with Gasteiger partial charge in [-0.25, -0.2) is 4.98 Å². The summed E-state index contributed by atoms with van der Waals surface area (Å²) in [7, 11) is 0. The maximum absolute atomic E-state index is 12.6. The van der Waals surface area contributed by atoms with Gasteiger partial charge < -0.3 is 5.73 Å². The number of rotatable bonds is 1. The van der Waals surface area contributed by atoms with Crippen molar-refractivity contribution in [2.75, 3.05) is 5.73 Å². The van der Waals surface area contributed by atoms with Crippen molar-refractivity contribution in [2.45, 2.75) is 6.18 Å². The minimum absolute atomic E-state index is 0.320. The summed E-state index contributed by atoms with van der Waals surface area (Å²) >= 11 is 3.36. The number of hydrogen-bond acceptors (Lipinski definition) is 2. The van der Waals surface area contributed by atoms with Crippen LogP contribution in [-0.4, -0.2) is 4.98 Å². The number of anilines is 1. The maximum atomic E-state index is 12.6. The third-order valence-corrected chi connectivity index (χ3v) is 3.81. The van der Waals surface area contributed by atoms with Crippen molar-refractivity contribution in [1.29, 1.82) is 0 Å². The largest absolute Gasteiger partial charge is 0.416 e. The molecule has 1 aromatic heterocycles. The molecule has 3 aromatic rings. The summed E-state index contributed by atoms with van der Waals surface area (Å²) in [6.07, 6.45) is -4.34. The first-order valence-corrected chi connectivity index (χ1v) is 7.17. The van der Waals surface area contributed by atoms with Crippen LogP contribution < -0.4 is 5.73 Å². The number of nitrogens with two attached hydrogens (primary N) is 1. The highest BCUT2D eigenvalue weighted by Crippen LogP contribution is 2.34. The second-order valence-corrected chi connectivity index (χ2v) is 5.75. The summed E-state index contributed by atoms with van der Waals surface area (Å²) in [4.78, 5) is 4.25. The van der Waals surface area contributed by atoms with Crippen molar-refractivity contribution in [3.8, 4) is 11.1 Å². The lowest BCUT2D eigenvalue weighted by Crippen LogP contribution is -2.04. The summed E-state index contributed by atoms with van der Waals surface area (Å²) in [6, 6.07) is 12.2. The van der Waals surface area contributed by atoms with Gasteiger partial charge in [-0.1, -0.05) is 34.1 Å². The topological polar surface area (TPSA) is 38.9 Å². The standard InChI is InChI=1S/C16H10BrF3N2/c17-11-5-6-12-13(8-15(21)22-14(12)7-11)9-1-3-10(4-2-9)16(18,19)20/h1-8H,(H2,21,22). The van der Waals surface area contributed by atoms with Crippen molar-refractivity contribution in [3.63, 3.8) is 0 Å². The quantitative estimate of drug-likeness (QED) is 0.637. The van der Waals surface area contributed by atoms with Gasteiger partial charge in [-0.3, -0.25) is 0 Å². The molecule has 0 radical (unpaired) electrons. The van der Waals surface area contributed by atoms with Crippen LogP contribution in [-0.2, 0) is 6.18 Å². The molecule has 2 aromatic carbocycles. The Morgan fingerprint density at radius 3 is 2.27 bits per heavy atom. The molecular formula is C16H10BrF3N2. The molecule has 0 aliphatic carbocycles. The Morgan fingerprint density at radius 2 is 1.64 bits per heavy atom. The molecule has 2 N–H and O–H groups in total. The van der Waals surface area contributed by atoms with Gasteiger partial charge in [0, 0.05) is 9.86 Å². The molecule has 112 valence electrons. The Morgan fingerprint density at radius 1 is 0.955 bits per heavy atom. The van der Waals surface area contributed by atoms with Crippen molar-refractivity contribution in [2.24, 2.45) is 0 Å². The summed E-state index contributed by atoms with van der Waals surface area (Å²) in [5.74, 6) is 0.320. The Bertz CT molecular complexity index is 837. The van der Waals surface area contributed by atoms with Crippen LogP contribution in [0.4, 0.5) is 19.0 Å². The molecule has 6 heteroatoms. The number of nitrogens with zero attached hydrogens (tertiary/aromatic N) is 1. The van der Waals surface area contributed by atoms with Crippen LogP contribution in [0, 0.1) is 0 Å². The number of benzene rings is 2. The highest BCUT2D eigenvalue weighted by molar-refractivity contribution is 9.10. The molecule has 2 nitrogen and oxygen atoms in total. The molecule has 0 atom stereocenters. The van der Waals surface area contributed by atoms with Gasteiger partial charge in [0.1, 0.15) is 5.82 Å². The smallest absolute Gasteiger partial charge is 0.384 e. The molecule has 0 aliphatic heterocycles. The van der Waals surface area contributed by atoms with Crippen molar-refractivity contribution in [1.82, 2.24) is 4.98 Å². The van der Waals surface area contributed by atoms with E-state index in [0.29, 0.717) is 16.9 Å². The van der Waals surface area contributed by atoms with Gasteiger partial charge in [0.05, 0.1) is 11.1 Å². The average molecular weight is 367 g/mol. The fourth-order valence-electron chi connectivity index (χ4n) is 2.30. The lowest BCUT2D eigenvalue weighted by atomic mass is 10.00. The Balaban J connectivity index is 2.17. The SMILES string of the molecule is Nc1cc(-c2ccc(C(F)(F)F)cc2)c2ccc(Br)cc2n1. The molecule has 0 fully saturated rings. The molecular weight excluding hydrogens is 357 g/mol. The van der Waals surface area contributed by atoms with Gasteiger partial charge in [0.15, 0.2) is 0 Å². The molecule has 0 bridgehead atoms. The first-order chi connectivity index (χ1) is 10.3. The van der Waals surface area contributed by atoms with E-state index in [2.05, 4.69) is 20.9 Å². The van der Waals surface area contributed by atoms with Crippen LogP contribution >= 0.6 is 15.9 Å². The fraction of sp³-hybridized carbons (Fsp3) is 0.0625. The van der Waals surface area contributed by atoms with E-state index in [9.17, 15) is 13.2 Å². The van der Waals surface area contributed by atoms with Crippen LogP contribution in [0.2, 0.25) is 0 Å². The zero-order valence-corrected chi connectivity index (χ0v) is 12.7. The molecule has 22 heavy (non-hydrogen) atoms. The minimum Gasteiger partial charge on any atom is -0.384 e. The fourth-order valence-corrected chi connectivity index (χ4v) is 2.65. The highest BCUT2D eigenvalue weighted by Gasteiger charge is 2.30. The van der Waals surface area contributed by atoms with Gasteiger partial charge in [-0.15, -0.1) is 0 Å². The lowest BCUT2D eigenvalue weighted by molar-refractivity contribution is -0.137. The summed E-state index contributed by atoms with van der Waals surface area (Å²) in [5, 5.41) is 0.831. The third kappa shape index (κ3) is 2.78. The molecule has 0 unspecified atom stereocenters. The summed E-state index contributed by atoms with van der Waals surface area (Å²) in [6.45, 7) is 0. The number of pyridine rings is 1. The monoisotopic (exact) mass is 366 g/mol. The number of fused-ring (bicyclic) bond motifs is 1. The number of alkyl halides is 3. The third-order valence-electron chi connectivity index (χ3n) is 3.31. The van der Waals surface area contributed by atoms with E-state index in [0.717, 1.165) is 27.6 Å². The van der Waals surface area contributed by atoms with Gasteiger partial charge >= 0.3 is 6.18 Å². The number of halogens is 4. The zero-order valence-electron chi connectivity index (χ0n) is 11.2. The van der Waals surface area contributed by atoms with E-state index in [4.69, 9.17) is 5.73 Å². The minimum atomic E-state index is -4.34. The Labute approximate surface area is 132 Å². The van der Waals surface area contributed by atoms with Crippen LogP contribution in [0.3, 0.4) is 0 Å². The second kappa shape index (κ2) is 5.28. The second-order valence-electron chi connectivity index (χ2n) is 4.83. The van der Waals surface area contributed by atoms with Crippen LogP contribution in [0.1, 0.15) is 5.56 Å².